The van der Waals surface area contributed by atoms with Gasteiger partial charge in [-0.05, 0) is 43.2 Å². The molecule has 0 bridgehead atoms. The number of imide groups is 1. The standard InChI is InChI=1S/C37H47N5O7.C2H6/c1-4-14-29(33(45)35(47)38-21-31(44)40-32(25(3)43)28-19-12-7-13-20-28)39-34(46)30-23-41(22-26-15-8-5-9-16-26)37(49)42(30)36(48)24(2)27-17-10-6-11-18-27;1-2/h5,7-9,12-13,15-16,19-20,24,27,29-30,32H,4,6,10-11,14,17-18,21-23H2,1-3H3,(H,38,47)(H,39,46)(H,40,44);1-2H3/t24?,29?,30?,32-;/m1./s1. The van der Waals surface area contributed by atoms with Crippen LogP contribution in [0.25, 0.3) is 0 Å². The molecule has 51 heavy (non-hydrogen) atoms. The van der Waals surface area contributed by atoms with Gasteiger partial charge in [-0.2, -0.15) is 0 Å². The number of rotatable bonds is 15. The first-order chi connectivity index (χ1) is 24.5. The summed E-state index contributed by atoms with van der Waals surface area (Å²) in [5.74, 6) is -4.52. The third kappa shape index (κ3) is 11.1. The van der Waals surface area contributed by atoms with Crippen LogP contribution in [-0.2, 0) is 35.3 Å². The number of nitrogens with zero attached hydrogens (tertiary/aromatic N) is 2. The molecule has 2 aromatic carbocycles. The zero-order valence-corrected chi connectivity index (χ0v) is 30.5. The summed E-state index contributed by atoms with van der Waals surface area (Å²) in [6.07, 6.45) is 5.43. The average Bonchev–Trinajstić information content (AvgIpc) is 3.48. The van der Waals surface area contributed by atoms with E-state index in [4.69, 9.17) is 0 Å². The molecule has 2 aromatic rings. The van der Waals surface area contributed by atoms with Gasteiger partial charge in [0.2, 0.25) is 23.5 Å². The largest absolute Gasteiger partial charge is 0.344 e. The number of ketones is 2. The number of hydrogen-bond acceptors (Lipinski definition) is 7. The van der Waals surface area contributed by atoms with E-state index < -0.39 is 66.0 Å². The summed E-state index contributed by atoms with van der Waals surface area (Å²) in [5.41, 5.74) is 1.41. The van der Waals surface area contributed by atoms with Gasteiger partial charge in [0.1, 0.15) is 12.1 Å². The molecular weight excluding hydrogens is 650 g/mol. The normalized spacial score (nSPS) is 17.7. The summed E-state index contributed by atoms with van der Waals surface area (Å²) >= 11 is 0. The fourth-order valence-electron chi connectivity index (χ4n) is 6.60. The molecular formula is C39H53N5O7. The molecule has 1 heterocycles. The first-order valence-electron chi connectivity index (χ1n) is 18.1. The van der Waals surface area contributed by atoms with Crippen molar-refractivity contribution in [1.82, 2.24) is 25.8 Å². The lowest BCUT2D eigenvalue weighted by Crippen LogP contribution is -2.55. The van der Waals surface area contributed by atoms with Gasteiger partial charge in [-0.15, -0.1) is 0 Å². The van der Waals surface area contributed by atoms with Gasteiger partial charge < -0.3 is 20.9 Å². The minimum atomic E-state index is -1.25. The Balaban J connectivity index is 0.00000345. The van der Waals surface area contributed by atoms with Crippen LogP contribution < -0.4 is 16.0 Å². The molecule has 0 radical (unpaired) electrons. The number of carbonyl (C=O) groups excluding carboxylic acids is 7. The second-order valence-electron chi connectivity index (χ2n) is 13.0. The first-order valence-corrected chi connectivity index (χ1v) is 18.1. The molecule has 276 valence electrons. The summed E-state index contributed by atoms with van der Waals surface area (Å²) < 4.78 is 0. The molecule has 2 aliphatic rings. The number of nitrogens with one attached hydrogen (secondary N) is 3. The predicted octanol–water partition coefficient (Wildman–Crippen LogP) is 4.48. The van der Waals surface area contributed by atoms with Gasteiger partial charge in [0, 0.05) is 12.5 Å². The van der Waals surface area contributed by atoms with Crippen LogP contribution in [0.2, 0.25) is 0 Å². The van der Waals surface area contributed by atoms with E-state index in [1.807, 2.05) is 51.1 Å². The summed E-state index contributed by atoms with van der Waals surface area (Å²) in [4.78, 5) is 94.9. The van der Waals surface area contributed by atoms with Gasteiger partial charge in [0.25, 0.3) is 5.91 Å². The van der Waals surface area contributed by atoms with Gasteiger partial charge in [-0.25, -0.2) is 9.69 Å². The van der Waals surface area contributed by atoms with Crippen molar-refractivity contribution in [2.24, 2.45) is 11.8 Å². The van der Waals surface area contributed by atoms with E-state index in [-0.39, 0.29) is 31.2 Å². The highest BCUT2D eigenvalue weighted by molar-refractivity contribution is 6.38. The number of hydrogen-bond donors (Lipinski definition) is 3. The third-order valence-corrected chi connectivity index (χ3v) is 9.37. The highest BCUT2D eigenvalue weighted by Gasteiger charge is 2.47. The van der Waals surface area contributed by atoms with Crippen LogP contribution in [0.4, 0.5) is 4.79 Å². The van der Waals surface area contributed by atoms with E-state index in [1.54, 1.807) is 37.3 Å². The van der Waals surface area contributed by atoms with Crippen molar-refractivity contribution in [3.8, 4) is 0 Å². The molecule has 1 saturated carbocycles. The van der Waals surface area contributed by atoms with Crippen molar-refractivity contribution < 1.29 is 33.6 Å². The number of urea groups is 1. The molecule has 1 aliphatic carbocycles. The first kappa shape index (κ1) is 40.6. The lowest BCUT2D eigenvalue weighted by Gasteiger charge is -2.31. The van der Waals surface area contributed by atoms with Crippen molar-refractivity contribution in [1.29, 1.82) is 0 Å². The number of carbonyl (C=O) groups is 7. The van der Waals surface area contributed by atoms with Crippen LogP contribution in [-0.4, -0.2) is 76.2 Å². The van der Waals surface area contributed by atoms with Crippen molar-refractivity contribution in [3.63, 3.8) is 0 Å². The van der Waals surface area contributed by atoms with Crippen molar-refractivity contribution in [2.75, 3.05) is 13.1 Å². The minimum Gasteiger partial charge on any atom is -0.344 e. The van der Waals surface area contributed by atoms with Crippen LogP contribution >= 0.6 is 0 Å². The van der Waals surface area contributed by atoms with Crippen LogP contribution in [0, 0.1) is 11.8 Å². The molecule has 1 saturated heterocycles. The minimum absolute atomic E-state index is 0.0686. The van der Waals surface area contributed by atoms with Crippen molar-refractivity contribution >= 4 is 41.2 Å². The van der Waals surface area contributed by atoms with Crippen LogP contribution in [0.15, 0.2) is 60.7 Å². The second-order valence-corrected chi connectivity index (χ2v) is 13.0. The smallest absolute Gasteiger partial charge is 0.327 e. The highest BCUT2D eigenvalue weighted by Crippen LogP contribution is 2.33. The highest BCUT2D eigenvalue weighted by atomic mass is 16.2. The van der Waals surface area contributed by atoms with E-state index in [2.05, 4.69) is 16.0 Å². The van der Waals surface area contributed by atoms with Crippen LogP contribution in [0.1, 0.15) is 96.7 Å². The fourth-order valence-corrected chi connectivity index (χ4v) is 6.60. The molecule has 1 aliphatic heterocycles. The predicted molar refractivity (Wildman–Crippen MR) is 193 cm³/mol. The Bertz CT molecular complexity index is 1510. The lowest BCUT2D eigenvalue weighted by atomic mass is 9.80. The Morgan fingerprint density at radius 2 is 1.47 bits per heavy atom. The van der Waals surface area contributed by atoms with Crippen molar-refractivity contribution in [2.45, 2.75) is 104 Å². The Kier molecular flexibility index (Phi) is 16.0. The molecule has 3 unspecified atom stereocenters. The third-order valence-electron chi connectivity index (χ3n) is 9.37. The molecule has 2 fully saturated rings. The molecule has 3 N–H and O–H groups in total. The van der Waals surface area contributed by atoms with Gasteiger partial charge in [-0.1, -0.05) is 114 Å². The van der Waals surface area contributed by atoms with Crippen LogP contribution in [0.5, 0.6) is 0 Å². The zero-order chi connectivity index (χ0) is 37.5. The van der Waals surface area contributed by atoms with E-state index in [9.17, 15) is 33.6 Å². The average molecular weight is 704 g/mol. The Morgan fingerprint density at radius 3 is 2.06 bits per heavy atom. The Labute approximate surface area is 301 Å². The molecule has 4 atom stereocenters. The molecule has 4 rings (SSSR count). The number of benzene rings is 2. The topological polar surface area (TPSA) is 162 Å². The Morgan fingerprint density at radius 1 is 0.863 bits per heavy atom. The molecule has 6 amide bonds. The van der Waals surface area contributed by atoms with Gasteiger partial charge >= 0.3 is 6.03 Å². The molecule has 0 spiro atoms. The van der Waals surface area contributed by atoms with Crippen LogP contribution in [0.3, 0.4) is 0 Å². The molecule has 0 aromatic heterocycles. The monoisotopic (exact) mass is 703 g/mol. The van der Waals surface area contributed by atoms with E-state index in [1.165, 1.54) is 11.8 Å². The maximum Gasteiger partial charge on any atom is 0.327 e. The maximum absolute atomic E-state index is 13.9. The van der Waals surface area contributed by atoms with E-state index >= 15 is 0 Å². The van der Waals surface area contributed by atoms with Gasteiger partial charge in [0.05, 0.1) is 19.1 Å². The lowest BCUT2D eigenvalue weighted by molar-refractivity contribution is -0.142. The SMILES string of the molecule is CC.CCCC(NC(=O)C1CN(Cc2ccccc2)C(=O)N1C(=O)C(C)C1CCCCC1)C(=O)C(=O)NCC(=O)N[C@H](C(C)=O)c1ccccc1. The number of Topliss-reactive ketones (excluding diaryl/α,β-unsaturated/α-hetero) is 2. The second kappa shape index (κ2) is 20.1. The summed E-state index contributed by atoms with van der Waals surface area (Å²) in [6, 6.07) is 13.9. The summed E-state index contributed by atoms with van der Waals surface area (Å²) in [6.45, 7) is 8.49. The zero-order valence-electron chi connectivity index (χ0n) is 30.5. The van der Waals surface area contributed by atoms with E-state index in [0.29, 0.717) is 12.0 Å². The maximum atomic E-state index is 13.9. The summed E-state index contributed by atoms with van der Waals surface area (Å²) in [5, 5.41) is 7.49. The van der Waals surface area contributed by atoms with Gasteiger partial charge in [0.15, 0.2) is 5.78 Å². The van der Waals surface area contributed by atoms with E-state index in [0.717, 1.165) is 42.6 Å². The molecule has 12 heteroatoms. The van der Waals surface area contributed by atoms with Crippen molar-refractivity contribution in [3.05, 3.63) is 71.8 Å². The number of amides is 6. The fraction of sp³-hybridized carbons (Fsp3) is 0.513. The summed E-state index contributed by atoms with van der Waals surface area (Å²) in [7, 11) is 0. The Hall–Kier alpha value is -4.87. The van der Waals surface area contributed by atoms with Gasteiger partial charge in [-0.3, -0.25) is 28.8 Å². The quantitative estimate of drug-likeness (QED) is 0.231. The molecule has 12 nitrogen and oxygen atoms in total.